The number of aromatic amines is 1. The summed E-state index contributed by atoms with van der Waals surface area (Å²) in [5, 5.41) is 3.13. The Balaban J connectivity index is 1.53. The van der Waals surface area contributed by atoms with Gasteiger partial charge in [0.15, 0.2) is 0 Å². The van der Waals surface area contributed by atoms with Crippen LogP contribution in [-0.2, 0) is 0 Å². The van der Waals surface area contributed by atoms with E-state index < -0.39 is 0 Å². The highest BCUT2D eigenvalue weighted by molar-refractivity contribution is 5.92. The molecule has 22 heavy (non-hydrogen) atoms. The largest absolute Gasteiger partial charge is 0.357 e. The monoisotopic (exact) mass is 304 g/mol. The lowest BCUT2D eigenvalue weighted by atomic mass is 10.2. The Hall–Kier alpha value is -1.98. The Morgan fingerprint density at radius 1 is 1.05 bits per heavy atom. The van der Waals surface area contributed by atoms with Crippen LogP contribution in [0.2, 0.25) is 0 Å². The minimum Gasteiger partial charge on any atom is -0.357 e. The van der Waals surface area contributed by atoms with Gasteiger partial charge in [-0.2, -0.15) is 0 Å². The van der Waals surface area contributed by atoms with Gasteiger partial charge < -0.3 is 20.1 Å². The number of nitrogens with zero attached hydrogens (tertiary/aromatic N) is 2. The van der Waals surface area contributed by atoms with E-state index >= 15 is 0 Å². The summed E-state index contributed by atoms with van der Waals surface area (Å²) in [6.45, 7) is 2.61. The van der Waals surface area contributed by atoms with Crippen LogP contribution in [-0.4, -0.2) is 58.9 Å². The van der Waals surface area contributed by atoms with Crippen molar-refractivity contribution < 1.29 is 9.59 Å². The zero-order valence-electron chi connectivity index (χ0n) is 12.9. The first-order valence-corrected chi connectivity index (χ1v) is 8.22. The molecule has 2 heterocycles. The predicted molar refractivity (Wildman–Crippen MR) is 83.7 cm³/mol. The van der Waals surface area contributed by atoms with Crippen molar-refractivity contribution in [2.24, 2.45) is 0 Å². The standard InChI is InChI=1S/C16H24N4O2/c21-15(14-7-3-8-17-14)19-9-4-10-20(12-11-19)16(22)18-13-5-1-2-6-13/h3,7-8,13,17H,1-2,4-6,9-12H2,(H,18,22). The van der Waals surface area contributed by atoms with Crippen LogP contribution < -0.4 is 5.32 Å². The van der Waals surface area contributed by atoms with Crippen LogP contribution in [0.3, 0.4) is 0 Å². The van der Waals surface area contributed by atoms with Gasteiger partial charge in [0.1, 0.15) is 5.69 Å². The Kier molecular flexibility index (Phi) is 4.65. The highest BCUT2D eigenvalue weighted by Gasteiger charge is 2.25. The summed E-state index contributed by atoms with van der Waals surface area (Å²) in [4.78, 5) is 31.3. The van der Waals surface area contributed by atoms with E-state index in [1.807, 2.05) is 15.9 Å². The Labute approximate surface area is 130 Å². The van der Waals surface area contributed by atoms with Gasteiger partial charge in [-0.25, -0.2) is 4.79 Å². The van der Waals surface area contributed by atoms with Crippen molar-refractivity contribution >= 4 is 11.9 Å². The normalized spacial score (nSPS) is 20.0. The van der Waals surface area contributed by atoms with Gasteiger partial charge >= 0.3 is 6.03 Å². The van der Waals surface area contributed by atoms with E-state index in [4.69, 9.17) is 0 Å². The minimum atomic E-state index is 0.0167. The van der Waals surface area contributed by atoms with Gasteiger partial charge in [-0.1, -0.05) is 12.8 Å². The molecule has 1 saturated heterocycles. The molecule has 120 valence electrons. The molecule has 2 aliphatic rings. The smallest absolute Gasteiger partial charge is 0.317 e. The summed E-state index contributed by atoms with van der Waals surface area (Å²) < 4.78 is 0. The molecule has 3 amide bonds. The van der Waals surface area contributed by atoms with Crippen molar-refractivity contribution in [2.45, 2.75) is 38.1 Å². The molecule has 0 atom stereocenters. The molecule has 1 aliphatic heterocycles. The van der Waals surface area contributed by atoms with Crippen molar-refractivity contribution in [3.8, 4) is 0 Å². The van der Waals surface area contributed by atoms with Crippen molar-refractivity contribution in [2.75, 3.05) is 26.2 Å². The molecule has 0 bridgehead atoms. The summed E-state index contributed by atoms with van der Waals surface area (Å²) in [5.74, 6) is 0.0167. The van der Waals surface area contributed by atoms with Gasteiger partial charge in [-0.15, -0.1) is 0 Å². The molecule has 1 aromatic rings. The lowest BCUT2D eigenvalue weighted by molar-refractivity contribution is 0.0757. The van der Waals surface area contributed by atoms with E-state index in [1.165, 1.54) is 12.8 Å². The van der Waals surface area contributed by atoms with Crippen LogP contribution in [0.5, 0.6) is 0 Å². The molecule has 6 heteroatoms. The van der Waals surface area contributed by atoms with E-state index in [1.54, 1.807) is 12.3 Å². The van der Waals surface area contributed by atoms with E-state index in [-0.39, 0.29) is 11.9 Å². The molecule has 2 fully saturated rings. The molecule has 0 spiro atoms. The fourth-order valence-electron chi connectivity index (χ4n) is 3.29. The lowest BCUT2D eigenvalue weighted by Crippen LogP contribution is -2.45. The fraction of sp³-hybridized carbons (Fsp3) is 0.625. The maximum absolute atomic E-state index is 12.3. The minimum absolute atomic E-state index is 0.0167. The highest BCUT2D eigenvalue weighted by Crippen LogP contribution is 2.18. The molecule has 1 aliphatic carbocycles. The average molecular weight is 304 g/mol. The van der Waals surface area contributed by atoms with Crippen molar-refractivity contribution in [1.29, 1.82) is 0 Å². The van der Waals surface area contributed by atoms with E-state index in [0.29, 0.717) is 37.9 Å². The molecule has 1 saturated carbocycles. The third-order valence-electron chi connectivity index (χ3n) is 4.58. The first-order valence-electron chi connectivity index (χ1n) is 8.22. The number of hydrogen-bond acceptors (Lipinski definition) is 2. The van der Waals surface area contributed by atoms with Crippen molar-refractivity contribution in [3.05, 3.63) is 24.0 Å². The fourth-order valence-corrected chi connectivity index (χ4v) is 3.29. The van der Waals surface area contributed by atoms with Gasteiger partial charge in [0.25, 0.3) is 5.91 Å². The number of carbonyl (C=O) groups is 2. The van der Waals surface area contributed by atoms with Gasteiger partial charge in [-0.3, -0.25) is 4.79 Å². The Bertz CT molecular complexity index is 508. The quantitative estimate of drug-likeness (QED) is 0.875. The van der Waals surface area contributed by atoms with Crippen LogP contribution >= 0.6 is 0 Å². The highest BCUT2D eigenvalue weighted by atomic mass is 16.2. The lowest BCUT2D eigenvalue weighted by Gasteiger charge is -2.24. The maximum atomic E-state index is 12.3. The third-order valence-corrected chi connectivity index (χ3v) is 4.58. The van der Waals surface area contributed by atoms with E-state index in [0.717, 1.165) is 19.3 Å². The molecule has 6 nitrogen and oxygen atoms in total. The predicted octanol–water partition coefficient (Wildman–Crippen LogP) is 1.81. The van der Waals surface area contributed by atoms with E-state index in [9.17, 15) is 9.59 Å². The third kappa shape index (κ3) is 3.43. The van der Waals surface area contributed by atoms with Crippen LogP contribution in [0.1, 0.15) is 42.6 Å². The SMILES string of the molecule is O=C(NC1CCCC1)N1CCCN(C(=O)c2ccc[nH]2)CC1. The molecular weight excluding hydrogens is 280 g/mol. The number of H-pyrrole nitrogens is 1. The molecular formula is C16H24N4O2. The molecule has 2 N–H and O–H groups in total. The summed E-state index contributed by atoms with van der Waals surface area (Å²) in [5.41, 5.74) is 0.615. The van der Waals surface area contributed by atoms with Crippen LogP contribution in [0.15, 0.2) is 18.3 Å². The number of aromatic nitrogens is 1. The zero-order valence-corrected chi connectivity index (χ0v) is 12.9. The van der Waals surface area contributed by atoms with E-state index in [2.05, 4.69) is 10.3 Å². The number of nitrogens with one attached hydrogen (secondary N) is 2. The van der Waals surface area contributed by atoms with Gasteiger partial charge in [0.05, 0.1) is 0 Å². The number of urea groups is 1. The van der Waals surface area contributed by atoms with Gasteiger partial charge in [0, 0.05) is 38.4 Å². The topological polar surface area (TPSA) is 68.4 Å². The van der Waals surface area contributed by atoms with Crippen LogP contribution in [0.4, 0.5) is 4.79 Å². The van der Waals surface area contributed by atoms with Crippen molar-refractivity contribution in [1.82, 2.24) is 20.1 Å². The van der Waals surface area contributed by atoms with Gasteiger partial charge in [-0.05, 0) is 31.4 Å². The van der Waals surface area contributed by atoms with Crippen LogP contribution in [0.25, 0.3) is 0 Å². The number of rotatable bonds is 2. The second-order valence-corrected chi connectivity index (χ2v) is 6.15. The number of amides is 3. The summed E-state index contributed by atoms with van der Waals surface area (Å²) in [6, 6.07) is 3.98. The first kappa shape index (κ1) is 14.9. The molecule has 0 aromatic carbocycles. The molecule has 0 radical (unpaired) electrons. The maximum Gasteiger partial charge on any atom is 0.317 e. The Morgan fingerprint density at radius 3 is 2.50 bits per heavy atom. The summed E-state index contributed by atoms with van der Waals surface area (Å²) in [7, 11) is 0. The molecule has 1 aromatic heterocycles. The Morgan fingerprint density at radius 2 is 1.77 bits per heavy atom. The zero-order chi connectivity index (χ0) is 15.4. The first-order chi connectivity index (χ1) is 10.7. The second kappa shape index (κ2) is 6.85. The van der Waals surface area contributed by atoms with Crippen molar-refractivity contribution in [3.63, 3.8) is 0 Å². The molecule has 0 unspecified atom stereocenters. The average Bonchev–Trinajstić information content (AvgIpc) is 3.16. The molecule has 3 rings (SSSR count). The summed E-state index contributed by atoms with van der Waals surface area (Å²) >= 11 is 0. The number of hydrogen-bond donors (Lipinski definition) is 2. The second-order valence-electron chi connectivity index (χ2n) is 6.15. The van der Waals surface area contributed by atoms with Crippen LogP contribution in [0, 0.1) is 0 Å². The number of carbonyl (C=O) groups excluding carboxylic acids is 2. The summed E-state index contributed by atoms with van der Waals surface area (Å²) in [6.07, 6.45) is 7.19. The van der Waals surface area contributed by atoms with Gasteiger partial charge in [0.2, 0.25) is 0 Å².